The summed E-state index contributed by atoms with van der Waals surface area (Å²) in [5.74, 6) is -1.19. The highest BCUT2D eigenvalue weighted by Crippen LogP contribution is 2.14. The normalized spacial score (nSPS) is 21.4. The van der Waals surface area contributed by atoms with Gasteiger partial charge in [-0.25, -0.2) is 0 Å². The highest BCUT2D eigenvalue weighted by Gasteiger charge is 2.19. The van der Waals surface area contributed by atoms with E-state index in [4.69, 9.17) is 9.47 Å². The molecule has 5 heteroatoms. The van der Waals surface area contributed by atoms with Gasteiger partial charge in [-0.1, -0.05) is 0 Å². The van der Waals surface area contributed by atoms with E-state index >= 15 is 0 Å². The van der Waals surface area contributed by atoms with Crippen molar-refractivity contribution in [2.24, 2.45) is 0 Å². The van der Waals surface area contributed by atoms with E-state index in [0.29, 0.717) is 13.0 Å². The number of hydrogen-bond acceptors (Lipinski definition) is 5. The Morgan fingerprint density at radius 1 is 1.36 bits per heavy atom. The van der Waals surface area contributed by atoms with Crippen LogP contribution in [0.3, 0.4) is 0 Å². The molecule has 80 valence electrons. The van der Waals surface area contributed by atoms with E-state index in [1.807, 2.05) is 0 Å². The lowest BCUT2D eigenvalue weighted by molar-refractivity contribution is -0.188. The Kier molecular flexibility index (Phi) is 4.39. The Balaban J connectivity index is 2.21. The van der Waals surface area contributed by atoms with Crippen LogP contribution in [-0.2, 0) is 23.8 Å². The van der Waals surface area contributed by atoms with Gasteiger partial charge >= 0.3 is 11.9 Å². The summed E-state index contributed by atoms with van der Waals surface area (Å²) in [6, 6.07) is 0. The summed E-state index contributed by atoms with van der Waals surface area (Å²) < 4.78 is 14.4. The first-order valence-electron chi connectivity index (χ1n) is 4.60. The van der Waals surface area contributed by atoms with Crippen LogP contribution in [0.2, 0.25) is 0 Å². The Morgan fingerprint density at radius 3 is 2.71 bits per heavy atom. The first kappa shape index (κ1) is 11.0. The van der Waals surface area contributed by atoms with Gasteiger partial charge in [0.25, 0.3) is 0 Å². The molecule has 0 spiro atoms. The summed E-state index contributed by atoms with van der Waals surface area (Å²) in [6.45, 7) is 0.607. The van der Waals surface area contributed by atoms with Crippen molar-refractivity contribution in [1.82, 2.24) is 0 Å². The molecule has 0 radical (unpaired) electrons. The number of carbonyl (C=O) groups is 2. The Morgan fingerprint density at radius 2 is 2.14 bits per heavy atom. The first-order chi connectivity index (χ1) is 6.72. The number of methoxy groups -OCH3 is 1. The van der Waals surface area contributed by atoms with Gasteiger partial charge in [0.15, 0.2) is 0 Å². The van der Waals surface area contributed by atoms with E-state index in [-0.39, 0.29) is 6.42 Å². The second-order valence-electron chi connectivity index (χ2n) is 3.04. The summed E-state index contributed by atoms with van der Waals surface area (Å²) in [7, 11) is 1.23. The van der Waals surface area contributed by atoms with E-state index in [2.05, 4.69) is 4.74 Å². The van der Waals surface area contributed by atoms with Crippen LogP contribution in [0.4, 0.5) is 0 Å². The van der Waals surface area contributed by atoms with E-state index in [1.54, 1.807) is 0 Å². The van der Waals surface area contributed by atoms with Crippen molar-refractivity contribution in [3.8, 4) is 0 Å². The van der Waals surface area contributed by atoms with Crippen LogP contribution in [0.1, 0.15) is 25.7 Å². The second-order valence-corrected chi connectivity index (χ2v) is 3.04. The maximum atomic E-state index is 11.1. The molecule has 0 amide bonds. The van der Waals surface area contributed by atoms with Crippen LogP contribution in [0.25, 0.3) is 0 Å². The van der Waals surface area contributed by atoms with Crippen molar-refractivity contribution in [1.29, 1.82) is 0 Å². The fourth-order valence-electron chi connectivity index (χ4n) is 1.18. The number of esters is 2. The SMILES string of the molecule is COC(=O)CC(=O)OC1CCCCO1. The molecule has 14 heavy (non-hydrogen) atoms. The molecule has 0 aliphatic carbocycles. The quantitative estimate of drug-likeness (QED) is 0.496. The van der Waals surface area contributed by atoms with Crippen LogP contribution in [0.5, 0.6) is 0 Å². The smallest absolute Gasteiger partial charge is 0.319 e. The van der Waals surface area contributed by atoms with Crippen molar-refractivity contribution in [2.45, 2.75) is 32.0 Å². The van der Waals surface area contributed by atoms with Crippen LogP contribution in [0, 0.1) is 0 Å². The Hall–Kier alpha value is -1.10. The third-order valence-electron chi connectivity index (χ3n) is 1.92. The molecular weight excluding hydrogens is 188 g/mol. The topological polar surface area (TPSA) is 61.8 Å². The van der Waals surface area contributed by atoms with Crippen molar-refractivity contribution in [3.05, 3.63) is 0 Å². The van der Waals surface area contributed by atoms with Crippen LogP contribution in [-0.4, -0.2) is 31.9 Å². The summed E-state index contributed by atoms with van der Waals surface area (Å²) in [4.78, 5) is 21.8. The minimum absolute atomic E-state index is 0.351. The fourth-order valence-corrected chi connectivity index (χ4v) is 1.18. The molecule has 1 saturated heterocycles. The van der Waals surface area contributed by atoms with Gasteiger partial charge in [0.2, 0.25) is 6.29 Å². The first-order valence-corrected chi connectivity index (χ1v) is 4.60. The van der Waals surface area contributed by atoms with Crippen molar-refractivity contribution >= 4 is 11.9 Å². The Labute approximate surface area is 82.3 Å². The van der Waals surface area contributed by atoms with Crippen LogP contribution in [0.15, 0.2) is 0 Å². The predicted octanol–water partition coefficient (Wildman–Crippen LogP) is 0.619. The molecule has 0 saturated carbocycles. The molecule has 0 N–H and O–H groups in total. The fraction of sp³-hybridized carbons (Fsp3) is 0.778. The summed E-state index contributed by atoms with van der Waals surface area (Å²) in [5.41, 5.74) is 0. The molecule has 0 aromatic heterocycles. The van der Waals surface area contributed by atoms with Gasteiger partial charge in [0, 0.05) is 6.42 Å². The maximum absolute atomic E-state index is 11.1. The molecule has 1 aliphatic heterocycles. The standard InChI is InChI=1S/C9H14O5/c1-12-7(10)6-8(11)14-9-4-2-3-5-13-9/h9H,2-6H2,1H3. The van der Waals surface area contributed by atoms with Gasteiger partial charge < -0.3 is 14.2 Å². The third kappa shape index (κ3) is 3.74. The molecule has 0 aromatic rings. The molecule has 5 nitrogen and oxygen atoms in total. The molecule has 1 heterocycles. The molecule has 1 unspecified atom stereocenters. The van der Waals surface area contributed by atoms with Gasteiger partial charge in [-0.2, -0.15) is 0 Å². The molecule has 0 bridgehead atoms. The van der Waals surface area contributed by atoms with Crippen LogP contribution < -0.4 is 0 Å². The van der Waals surface area contributed by atoms with Gasteiger partial charge in [-0.05, 0) is 12.8 Å². The predicted molar refractivity (Wildman–Crippen MR) is 46.3 cm³/mol. The molecule has 1 fully saturated rings. The largest absolute Gasteiger partial charge is 0.469 e. The molecular formula is C9H14O5. The van der Waals surface area contributed by atoms with E-state index in [1.165, 1.54) is 7.11 Å². The monoisotopic (exact) mass is 202 g/mol. The van der Waals surface area contributed by atoms with Gasteiger partial charge in [-0.15, -0.1) is 0 Å². The number of hydrogen-bond donors (Lipinski definition) is 0. The van der Waals surface area contributed by atoms with Gasteiger partial charge in [0.05, 0.1) is 13.7 Å². The van der Waals surface area contributed by atoms with Crippen molar-refractivity contribution < 1.29 is 23.8 Å². The third-order valence-corrected chi connectivity index (χ3v) is 1.92. The highest BCUT2D eigenvalue weighted by molar-refractivity contribution is 5.91. The second kappa shape index (κ2) is 5.59. The zero-order chi connectivity index (χ0) is 10.4. The molecule has 0 aromatic carbocycles. The molecule has 1 rings (SSSR count). The number of rotatable bonds is 3. The lowest BCUT2D eigenvalue weighted by atomic mass is 10.2. The van der Waals surface area contributed by atoms with Gasteiger partial charge in [-0.3, -0.25) is 9.59 Å². The summed E-state index contributed by atoms with van der Waals surface area (Å²) in [5, 5.41) is 0. The highest BCUT2D eigenvalue weighted by atomic mass is 16.7. The summed E-state index contributed by atoms with van der Waals surface area (Å²) >= 11 is 0. The van der Waals surface area contributed by atoms with E-state index in [0.717, 1.165) is 12.8 Å². The Bertz CT molecular complexity index is 207. The summed E-state index contributed by atoms with van der Waals surface area (Å²) in [6.07, 6.45) is 1.84. The van der Waals surface area contributed by atoms with Crippen molar-refractivity contribution in [3.63, 3.8) is 0 Å². The lowest BCUT2D eigenvalue weighted by Gasteiger charge is -2.22. The van der Waals surface area contributed by atoms with Crippen molar-refractivity contribution in [2.75, 3.05) is 13.7 Å². The average molecular weight is 202 g/mol. The van der Waals surface area contributed by atoms with E-state index < -0.39 is 18.2 Å². The zero-order valence-corrected chi connectivity index (χ0v) is 8.15. The lowest BCUT2D eigenvalue weighted by Crippen LogP contribution is -2.26. The zero-order valence-electron chi connectivity index (χ0n) is 8.15. The number of ether oxygens (including phenoxy) is 3. The average Bonchev–Trinajstić information content (AvgIpc) is 2.19. The maximum Gasteiger partial charge on any atom is 0.319 e. The van der Waals surface area contributed by atoms with Crippen LogP contribution >= 0.6 is 0 Å². The van der Waals surface area contributed by atoms with Gasteiger partial charge in [0.1, 0.15) is 6.42 Å². The molecule has 1 atom stereocenters. The number of carbonyl (C=O) groups excluding carboxylic acids is 2. The molecule has 1 aliphatic rings. The minimum Gasteiger partial charge on any atom is -0.469 e. The minimum atomic E-state index is -0.594. The van der Waals surface area contributed by atoms with E-state index in [9.17, 15) is 9.59 Å².